The van der Waals surface area contributed by atoms with E-state index in [1.54, 1.807) is 6.33 Å². The molecular weight excluding hydrogens is 372 g/mol. The van der Waals surface area contributed by atoms with Crippen LogP contribution in [0, 0.1) is 6.92 Å². The number of likely N-dealkylation sites (tertiary alicyclic amines) is 1. The third kappa shape index (κ3) is 3.73. The number of hydrogen-bond acceptors (Lipinski definition) is 7. The van der Waals surface area contributed by atoms with Gasteiger partial charge in [-0.15, -0.1) is 11.3 Å². The largest absolute Gasteiger partial charge is 0.353 e. The van der Waals surface area contributed by atoms with E-state index in [0.29, 0.717) is 6.04 Å². The number of carbonyl (C=O) groups is 1. The van der Waals surface area contributed by atoms with Gasteiger partial charge in [-0.25, -0.2) is 9.97 Å². The number of carbonyl (C=O) groups excluding carboxylic acids is 1. The van der Waals surface area contributed by atoms with Crippen LogP contribution in [0.15, 0.2) is 6.33 Å². The van der Waals surface area contributed by atoms with Gasteiger partial charge in [-0.2, -0.15) is 0 Å². The van der Waals surface area contributed by atoms with Gasteiger partial charge in [0.2, 0.25) is 0 Å². The molecule has 4 rings (SSSR count). The van der Waals surface area contributed by atoms with Gasteiger partial charge in [-0.1, -0.05) is 6.92 Å². The number of nitrogens with zero attached hydrogens (tertiary/aromatic N) is 5. The number of nitrogens with one attached hydrogen (secondary N) is 1. The van der Waals surface area contributed by atoms with E-state index in [-0.39, 0.29) is 5.91 Å². The molecule has 0 aliphatic carbocycles. The molecule has 1 atom stereocenters. The summed E-state index contributed by atoms with van der Waals surface area (Å²) in [5, 5.41) is 4.21. The third-order valence-electron chi connectivity index (χ3n) is 6.12. The maximum atomic E-state index is 12.9. The zero-order valence-corrected chi connectivity index (χ0v) is 17.9. The van der Waals surface area contributed by atoms with Gasteiger partial charge >= 0.3 is 0 Å². The highest BCUT2D eigenvalue weighted by atomic mass is 32.1. The van der Waals surface area contributed by atoms with E-state index in [4.69, 9.17) is 0 Å². The standard InChI is InChI=1S/C20H30N6OS/c1-4-25-7-5-6-15(25)12-21-19(27)17-14(2)16-18(22-13-23-20(16)28-17)26-10-8-24(3)9-11-26/h13,15H,4-12H2,1-3H3,(H,21,27)/t15-/m1/s1. The molecule has 152 valence electrons. The summed E-state index contributed by atoms with van der Waals surface area (Å²) >= 11 is 1.49. The van der Waals surface area contributed by atoms with Gasteiger partial charge in [-0.05, 0) is 45.5 Å². The van der Waals surface area contributed by atoms with Gasteiger partial charge in [0.15, 0.2) is 0 Å². The van der Waals surface area contributed by atoms with Gasteiger partial charge in [0.05, 0.1) is 10.3 Å². The predicted molar refractivity (Wildman–Crippen MR) is 114 cm³/mol. The zero-order valence-electron chi connectivity index (χ0n) is 17.1. The van der Waals surface area contributed by atoms with Gasteiger partial charge < -0.3 is 15.1 Å². The summed E-state index contributed by atoms with van der Waals surface area (Å²) in [7, 11) is 2.15. The number of piperazine rings is 1. The first-order valence-electron chi connectivity index (χ1n) is 10.3. The summed E-state index contributed by atoms with van der Waals surface area (Å²) in [6, 6.07) is 0.462. The third-order valence-corrected chi connectivity index (χ3v) is 7.32. The minimum Gasteiger partial charge on any atom is -0.353 e. The highest BCUT2D eigenvalue weighted by molar-refractivity contribution is 7.20. The first-order chi connectivity index (χ1) is 13.6. The lowest BCUT2D eigenvalue weighted by molar-refractivity contribution is 0.0945. The van der Waals surface area contributed by atoms with E-state index in [9.17, 15) is 4.79 Å². The number of likely N-dealkylation sites (N-methyl/N-ethyl adjacent to an activating group) is 2. The lowest BCUT2D eigenvalue weighted by Gasteiger charge is -2.33. The molecule has 8 heteroatoms. The highest BCUT2D eigenvalue weighted by Crippen LogP contribution is 2.35. The maximum Gasteiger partial charge on any atom is 0.261 e. The Balaban J connectivity index is 1.54. The minimum absolute atomic E-state index is 0.0211. The summed E-state index contributed by atoms with van der Waals surface area (Å²) in [5.74, 6) is 0.992. The Bertz CT molecular complexity index is 845. The molecule has 0 unspecified atom stereocenters. The Morgan fingerprint density at radius 2 is 2.04 bits per heavy atom. The Kier molecular flexibility index (Phi) is 5.80. The van der Waals surface area contributed by atoms with Crippen molar-refractivity contribution in [3.05, 3.63) is 16.8 Å². The molecule has 0 radical (unpaired) electrons. The quantitative estimate of drug-likeness (QED) is 0.825. The van der Waals surface area contributed by atoms with E-state index in [1.807, 2.05) is 6.92 Å². The molecular formula is C20H30N6OS. The average molecular weight is 403 g/mol. The second-order valence-electron chi connectivity index (χ2n) is 7.86. The van der Waals surface area contributed by atoms with Crippen LogP contribution in [0.4, 0.5) is 5.82 Å². The Morgan fingerprint density at radius 3 is 2.79 bits per heavy atom. The first kappa shape index (κ1) is 19.5. The second kappa shape index (κ2) is 8.31. The lowest BCUT2D eigenvalue weighted by atomic mass is 10.1. The normalized spacial score (nSPS) is 21.5. The summed E-state index contributed by atoms with van der Waals surface area (Å²) in [4.78, 5) is 30.8. The number of aryl methyl sites for hydroxylation is 1. The summed E-state index contributed by atoms with van der Waals surface area (Å²) < 4.78 is 0. The highest BCUT2D eigenvalue weighted by Gasteiger charge is 2.26. The van der Waals surface area contributed by atoms with Crippen molar-refractivity contribution in [2.24, 2.45) is 0 Å². The number of fused-ring (bicyclic) bond motifs is 1. The monoisotopic (exact) mass is 402 g/mol. The van der Waals surface area contributed by atoms with Crippen LogP contribution in [0.1, 0.15) is 35.0 Å². The predicted octanol–water partition coefficient (Wildman–Crippen LogP) is 1.97. The number of anilines is 1. The number of thiophene rings is 1. The van der Waals surface area contributed by atoms with Crippen LogP contribution in [0.2, 0.25) is 0 Å². The number of rotatable bonds is 5. The van der Waals surface area contributed by atoms with Gasteiger partial charge in [0, 0.05) is 38.8 Å². The Labute approximate surface area is 170 Å². The van der Waals surface area contributed by atoms with Gasteiger partial charge in [-0.3, -0.25) is 9.69 Å². The van der Waals surface area contributed by atoms with Crippen LogP contribution < -0.4 is 10.2 Å². The number of aromatic nitrogens is 2. The summed E-state index contributed by atoms with van der Waals surface area (Å²) in [6.07, 6.45) is 4.02. The molecule has 0 spiro atoms. The van der Waals surface area contributed by atoms with Crippen molar-refractivity contribution in [3.8, 4) is 0 Å². The van der Waals surface area contributed by atoms with Crippen LogP contribution in [0.3, 0.4) is 0 Å². The van der Waals surface area contributed by atoms with Crippen LogP contribution in [0.5, 0.6) is 0 Å². The minimum atomic E-state index is 0.0211. The van der Waals surface area contributed by atoms with Crippen molar-refractivity contribution in [1.29, 1.82) is 0 Å². The summed E-state index contributed by atoms with van der Waals surface area (Å²) in [5.41, 5.74) is 1.01. The van der Waals surface area contributed by atoms with Crippen LogP contribution in [-0.2, 0) is 0 Å². The molecule has 1 amide bonds. The molecule has 2 aromatic heterocycles. The Hall–Kier alpha value is -1.77. The first-order valence-corrected chi connectivity index (χ1v) is 11.1. The van der Waals surface area contributed by atoms with Crippen molar-refractivity contribution >= 4 is 33.3 Å². The zero-order chi connectivity index (χ0) is 19.7. The van der Waals surface area contributed by atoms with Crippen molar-refractivity contribution in [1.82, 2.24) is 25.1 Å². The smallest absolute Gasteiger partial charge is 0.261 e. The van der Waals surface area contributed by atoms with Crippen molar-refractivity contribution in [2.45, 2.75) is 32.7 Å². The van der Waals surface area contributed by atoms with E-state index < -0.39 is 0 Å². The van der Waals surface area contributed by atoms with Crippen LogP contribution >= 0.6 is 11.3 Å². The fraction of sp³-hybridized carbons (Fsp3) is 0.650. The molecule has 2 aromatic rings. The molecule has 1 N–H and O–H groups in total. The van der Waals surface area contributed by atoms with Crippen molar-refractivity contribution in [2.75, 3.05) is 57.8 Å². The number of hydrogen-bond donors (Lipinski definition) is 1. The van der Waals surface area contributed by atoms with Crippen molar-refractivity contribution < 1.29 is 4.79 Å². The number of amides is 1. The van der Waals surface area contributed by atoms with Crippen LogP contribution in [0.25, 0.3) is 10.2 Å². The molecule has 0 saturated carbocycles. The fourth-order valence-electron chi connectivity index (χ4n) is 4.36. The molecule has 2 fully saturated rings. The SMILES string of the molecule is CCN1CCC[C@@H]1CNC(=O)c1sc2ncnc(N3CCN(C)CC3)c2c1C. The van der Waals surface area contributed by atoms with Crippen LogP contribution in [-0.4, -0.2) is 84.6 Å². The lowest BCUT2D eigenvalue weighted by Crippen LogP contribution is -2.44. The topological polar surface area (TPSA) is 64.6 Å². The van der Waals surface area contributed by atoms with E-state index >= 15 is 0 Å². The van der Waals surface area contributed by atoms with E-state index in [0.717, 1.165) is 72.3 Å². The molecule has 2 aliphatic rings. The summed E-state index contributed by atoms with van der Waals surface area (Å²) in [6.45, 7) is 11.1. The van der Waals surface area contributed by atoms with Gasteiger partial charge in [0.25, 0.3) is 5.91 Å². The molecule has 0 aromatic carbocycles. The maximum absolute atomic E-state index is 12.9. The molecule has 0 bridgehead atoms. The average Bonchev–Trinajstić information content (AvgIpc) is 3.31. The second-order valence-corrected chi connectivity index (χ2v) is 8.86. The van der Waals surface area contributed by atoms with E-state index in [1.165, 1.54) is 24.2 Å². The van der Waals surface area contributed by atoms with E-state index in [2.05, 4.69) is 44.0 Å². The molecule has 7 nitrogen and oxygen atoms in total. The molecule has 4 heterocycles. The molecule has 28 heavy (non-hydrogen) atoms. The molecule has 2 aliphatic heterocycles. The Morgan fingerprint density at radius 1 is 1.25 bits per heavy atom. The van der Waals surface area contributed by atoms with Crippen molar-refractivity contribution in [3.63, 3.8) is 0 Å². The fourth-order valence-corrected chi connectivity index (χ4v) is 5.42. The van der Waals surface area contributed by atoms with Gasteiger partial charge in [0.1, 0.15) is 17.0 Å². The molecule has 2 saturated heterocycles.